The topological polar surface area (TPSA) is 52.9 Å². The van der Waals surface area contributed by atoms with Crippen LogP contribution in [0.2, 0.25) is 10.0 Å². The summed E-state index contributed by atoms with van der Waals surface area (Å²) in [5.74, 6) is -0.522. The van der Waals surface area contributed by atoms with E-state index < -0.39 is 5.91 Å². The minimum absolute atomic E-state index is 0.00451. The van der Waals surface area contributed by atoms with Crippen molar-refractivity contribution in [3.8, 4) is 6.07 Å². The minimum atomic E-state index is -0.522. The van der Waals surface area contributed by atoms with Crippen molar-refractivity contribution in [3.05, 3.63) is 67.2 Å². The van der Waals surface area contributed by atoms with Crippen molar-refractivity contribution in [1.82, 2.24) is 0 Å². The highest BCUT2D eigenvalue weighted by molar-refractivity contribution is 14.1. The van der Waals surface area contributed by atoms with Crippen molar-refractivity contribution < 1.29 is 4.79 Å². The molecule has 110 valence electrons. The Kier molecular flexibility index (Phi) is 5.83. The Morgan fingerprint density at radius 3 is 2.59 bits per heavy atom. The van der Waals surface area contributed by atoms with Crippen molar-refractivity contribution in [3.63, 3.8) is 0 Å². The molecule has 6 heteroatoms. The zero-order chi connectivity index (χ0) is 16.1. The lowest BCUT2D eigenvalue weighted by molar-refractivity contribution is -0.112. The summed E-state index contributed by atoms with van der Waals surface area (Å²) in [6, 6.07) is 14.1. The van der Waals surface area contributed by atoms with Crippen LogP contribution in [0.3, 0.4) is 0 Å². The van der Waals surface area contributed by atoms with Crippen LogP contribution in [0.15, 0.2) is 48.0 Å². The number of benzene rings is 2. The Morgan fingerprint density at radius 1 is 1.23 bits per heavy atom. The first-order valence-corrected chi connectivity index (χ1v) is 7.97. The third-order valence-electron chi connectivity index (χ3n) is 2.75. The lowest BCUT2D eigenvalue weighted by atomic mass is 10.1. The highest BCUT2D eigenvalue weighted by Crippen LogP contribution is 2.26. The van der Waals surface area contributed by atoms with Gasteiger partial charge in [-0.2, -0.15) is 5.26 Å². The highest BCUT2D eigenvalue weighted by atomic mass is 127. The van der Waals surface area contributed by atoms with Crippen molar-refractivity contribution in [2.45, 2.75) is 0 Å². The van der Waals surface area contributed by atoms with Gasteiger partial charge in [0, 0.05) is 8.59 Å². The van der Waals surface area contributed by atoms with E-state index in [2.05, 4.69) is 27.9 Å². The summed E-state index contributed by atoms with van der Waals surface area (Å²) in [5.41, 5.74) is 1.20. The average molecular weight is 443 g/mol. The van der Waals surface area contributed by atoms with Crippen molar-refractivity contribution in [1.29, 1.82) is 5.26 Å². The first kappa shape index (κ1) is 16.8. The quantitative estimate of drug-likeness (QED) is 0.406. The summed E-state index contributed by atoms with van der Waals surface area (Å²) in [6.07, 6.45) is 1.54. The molecule has 0 fully saturated rings. The molecule has 0 heterocycles. The number of carbonyl (C=O) groups is 1. The molecule has 0 unspecified atom stereocenters. The Labute approximate surface area is 151 Å². The molecule has 22 heavy (non-hydrogen) atoms. The standard InChI is InChI=1S/C16H9Cl2IN2O/c17-12-5-6-15(13(18)8-12)21-16(22)11(9-20)7-10-3-1-2-4-14(10)19/h1-8H,(H,21,22). The van der Waals surface area contributed by atoms with E-state index >= 15 is 0 Å². The third kappa shape index (κ3) is 4.23. The molecule has 3 nitrogen and oxygen atoms in total. The van der Waals surface area contributed by atoms with Gasteiger partial charge >= 0.3 is 0 Å². The summed E-state index contributed by atoms with van der Waals surface area (Å²) in [7, 11) is 0. The normalized spacial score (nSPS) is 10.9. The predicted octanol–water partition coefficient (Wildman–Crippen LogP) is 5.14. The summed E-state index contributed by atoms with van der Waals surface area (Å²) in [5, 5.41) is 12.6. The van der Waals surface area contributed by atoms with Crippen molar-refractivity contribution in [2.24, 2.45) is 0 Å². The fourth-order valence-electron chi connectivity index (χ4n) is 1.68. The molecule has 0 bridgehead atoms. The first-order valence-electron chi connectivity index (χ1n) is 6.14. The molecule has 0 spiro atoms. The van der Waals surface area contributed by atoms with E-state index in [1.807, 2.05) is 30.3 Å². The number of amides is 1. The zero-order valence-electron chi connectivity index (χ0n) is 11.1. The lowest BCUT2D eigenvalue weighted by Gasteiger charge is -2.07. The fourth-order valence-corrected chi connectivity index (χ4v) is 2.68. The molecular weight excluding hydrogens is 434 g/mol. The van der Waals surface area contributed by atoms with Gasteiger partial charge in [0.15, 0.2) is 0 Å². The lowest BCUT2D eigenvalue weighted by Crippen LogP contribution is -2.13. The van der Waals surface area contributed by atoms with Crippen LogP contribution in [-0.2, 0) is 4.79 Å². The zero-order valence-corrected chi connectivity index (χ0v) is 14.8. The number of nitrogens with zero attached hydrogens (tertiary/aromatic N) is 1. The van der Waals surface area contributed by atoms with Crippen LogP contribution in [0.5, 0.6) is 0 Å². The van der Waals surface area contributed by atoms with Crippen LogP contribution >= 0.6 is 45.8 Å². The molecule has 2 rings (SSSR count). The van der Waals surface area contributed by atoms with Crippen molar-refractivity contribution >= 4 is 63.5 Å². The van der Waals surface area contributed by atoms with E-state index in [4.69, 9.17) is 23.2 Å². The third-order valence-corrected chi connectivity index (χ3v) is 4.28. The van der Waals surface area contributed by atoms with Gasteiger partial charge in [-0.25, -0.2) is 0 Å². The van der Waals surface area contributed by atoms with E-state index in [1.165, 1.54) is 6.07 Å². The van der Waals surface area contributed by atoms with Gasteiger partial charge in [-0.15, -0.1) is 0 Å². The first-order chi connectivity index (χ1) is 10.5. The maximum atomic E-state index is 12.2. The number of anilines is 1. The van der Waals surface area contributed by atoms with E-state index in [-0.39, 0.29) is 5.57 Å². The Morgan fingerprint density at radius 2 is 1.95 bits per heavy atom. The Hall–Kier alpha value is -1.55. The summed E-state index contributed by atoms with van der Waals surface area (Å²) in [4.78, 5) is 12.2. The maximum absolute atomic E-state index is 12.2. The van der Waals surface area contributed by atoms with E-state index in [0.29, 0.717) is 15.7 Å². The maximum Gasteiger partial charge on any atom is 0.266 e. The number of rotatable bonds is 3. The molecule has 2 aromatic rings. The molecule has 0 radical (unpaired) electrons. The second-order valence-electron chi connectivity index (χ2n) is 4.27. The van der Waals surface area contributed by atoms with E-state index in [0.717, 1.165) is 9.13 Å². The number of hydrogen-bond acceptors (Lipinski definition) is 2. The van der Waals surface area contributed by atoms with Gasteiger partial charge in [0.1, 0.15) is 11.6 Å². The molecule has 0 atom stereocenters. The number of hydrogen-bond donors (Lipinski definition) is 1. The molecule has 0 aliphatic heterocycles. The van der Waals surface area contributed by atoms with Gasteiger partial charge in [-0.05, 0) is 58.5 Å². The summed E-state index contributed by atoms with van der Waals surface area (Å²) < 4.78 is 0.949. The molecule has 0 aliphatic rings. The van der Waals surface area contributed by atoms with Crippen LogP contribution in [0.1, 0.15) is 5.56 Å². The summed E-state index contributed by atoms with van der Waals surface area (Å²) in [6.45, 7) is 0. The molecule has 0 saturated heterocycles. The number of halogens is 3. The molecular formula is C16H9Cl2IN2O. The molecule has 0 aromatic heterocycles. The Balaban J connectivity index is 2.27. The van der Waals surface area contributed by atoms with Gasteiger partial charge in [-0.1, -0.05) is 41.4 Å². The van der Waals surface area contributed by atoms with Gasteiger partial charge < -0.3 is 5.32 Å². The number of carbonyl (C=O) groups excluding carboxylic acids is 1. The molecule has 0 aliphatic carbocycles. The van der Waals surface area contributed by atoms with Crippen molar-refractivity contribution in [2.75, 3.05) is 5.32 Å². The van der Waals surface area contributed by atoms with Gasteiger partial charge in [0.2, 0.25) is 0 Å². The van der Waals surface area contributed by atoms with E-state index in [9.17, 15) is 10.1 Å². The number of nitriles is 1. The smallest absolute Gasteiger partial charge is 0.266 e. The van der Waals surface area contributed by atoms with Crippen LogP contribution < -0.4 is 5.32 Å². The molecule has 2 aromatic carbocycles. The predicted molar refractivity (Wildman–Crippen MR) is 97.8 cm³/mol. The van der Waals surface area contributed by atoms with Crippen LogP contribution in [-0.4, -0.2) is 5.91 Å². The van der Waals surface area contributed by atoms with Crippen LogP contribution in [0, 0.1) is 14.9 Å². The molecule has 0 saturated carbocycles. The van der Waals surface area contributed by atoms with Gasteiger partial charge in [-0.3, -0.25) is 4.79 Å². The van der Waals surface area contributed by atoms with Gasteiger partial charge in [0.05, 0.1) is 10.7 Å². The van der Waals surface area contributed by atoms with Crippen LogP contribution in [0.4, 0.5) is 5.69 Å². The SMILES string of the molecule is N#CC(=Cc1ccccc1I)C(=O)Nc1ccc(Cl)cc1Cl. The second kappa shape index (κ2) is 7.63. The number of nitrogens with one attached hydrogen (secondary N) is 1. The van der Waals surface area contributed by atoms with Crippen LogP contribution in [0.25, 0.3) is 6.08 Å². The Bertz CT molecular complexity index is 797. The monoisotopic (exact) mass is 442 g/mol. The largest absolute Gasteiger partial charge is 0.320 e. The van der Waals surface area contributed by atoms with E-state index in [1.54, 1.807) is 18.2 Å². The minimum Gasteiger partial charge on any atom is -0.320 e. The highest BCUT2D eigenvalue weighted by Gasteiger charge is 2.12. The summed E-state index contributed by atoms with van der Waals surface area (Å²) >= 11 is 14.0. The molecule has 1 N–H and O–H groups in total. The average Bonchev–Trinajstić information content (AvgIpc) is 2.49. The van der Waals surface area contributed by atoms with Gasteiger partial charge in [0.25, 0.3) is 5.91 Å². The second-order valence-corrected chi connectivity index (χ2v) is 6.28. The fraction of sp³-hybridized carbons (Fsp3) is 0. The molecule has 1 amide bonds.